The highest BCUT2D eigenvalue weighted by Gasteiger charge is 2.10. The summed E-state index contributed by atoms with van der Waals surface area (Å²) in [6, 6.07) is 1.89. The fraction of sp³-hybridized carbons (Fsp3) is 0.417. The van der Waals surface area contributed by atoms with E-state index in [0.717, 1.165) is 36.6 Å². The monoisotopic (exact) mass is 231 g/mol. The molecule has 0 saturated heterocycles. The summed E-state index contributed by atoms with van der Waals surface area (Å²) in [4.78, 5) is 8.60. The molecule has 1 N–H and O–H groups in total. The lowest BCUT2D eigenvalue weighted by molar-refractivity contribution is 0.816. The highest BCUT2D eigenvalue weighted by atomic mass is 15.3. The van der Waals surface area contributed by atoms with E-state index in [1.54, 1.807) is 17.2 Å². The summed E-state index contributed by atoms with van der Waals surface area (Å²) in [5.74, 6) is 1.76. The van der Waals surface area contributed by atoms with Crippen molar-refractivity contribution >= 4 is 5.82 Å². The van der Waals surface area contributed by atoms with E-state index in [9.17, 15) is 0 Å². The fourth-order valence-electron chi connectivity index (χ4n) is 1.72. The molecule has 0 radical (unpaired) electrons. The van der Waals surface area contributed by atoms with Crippen LogP contribution in [0.1, 0.15) is 25.8 Å². The number of aromatic nitrogens is 4. The molecule has 5 heteroatoms. The van der Waals surface area contributed by atoms with Gasteiger partial charge in [0.2, 0.25) is 0 Å². The molecule has 2 heterocycles. The van der Waals surface area contributed by atoms with E-state index in [0.29, 0.717) is 0 Å². The molecule has 0 saturated carbocycles. The SMILES string of the molecule is CCCNc1ncnc(-n2cccn2)c1CC. The third-order valence-electron chi connectivity index (χ3n) is 2.54. The Morgan fingerprint density at radius 1 is 1.29 bits per heavy atom. The van der Waals surface area contributed by atoms with Gasteiger partial charge >= 0.3 is 0 Å². The van der Waals surface area contributed by atoms with Crippen LogP contribution in [0, 0.1) is 0 Å². The van der Waals surface area contributed by atoms with Crippen LogP contribution in [0.15, 0.2) is 24.8 Å². The topological polar surface area (TPSA) is 55.6 Å². The van der Waals surface area contributed by atoms with Crippen molar-refractivity contribution in [1.29, 1.82) is 0 Å². The average molecular weight is 231 g/mol. The molecular formula is C12H17N5. The summed E-state index contributed by atoms with van der Waals surface area (Å²) in [6.07, 6.45) is 7.17. The van der Waals surface area contributed by atoms with Crippen LogP contribution in [-0.2, 0) is 6.42 Å². The normalized spacial score (nSPS) is 10.5. The van der Waals surface area contributed by atoms with Gasteiger partial charge in [0.05, 0.1) is 0 Å². The molecule has 0 spiro atoms. The third-order valence-corrected chi connectivity index (χ3v) is 2.54. The minimum Gasteiger partial charge on any atom is -0.370 e. The second-order valence-corrected chi connectivity index (χ2v) is 3.76. The van der Waals surface area contributed by atoms with E-state index >= 15 is 0 Å². The zero-order valence-electron chi connectivity index (χ0n) is 10.2. The lowest BCUT2D eigenvalue weighted by Crippen LogP contribution is -2.10. The van der Waals surface area contributed by atoms with Crippen molar-refractivity contribution in [2.24, 2.45) is 0 Å². The van der Waals surface area contributed by atoms with Crippen molar-refractivity contribution in [2.45, 2.75) is 26.7 Å². The molecule has 0 aromatic carbocycles. The summed E-state index contributed by atoms with van der Waals surface area (Å²) >= 11 is 0. The third kappa shape index (κ3) is 2.43. The summed E-state index contributed by atoms with van der Waals surface area (Å²) in [6.45, 7) is 5.15. The predicted molar refractivity (Wildman–Crippen MR) is 67.3 cm³/mol. The number of nitrogens with one attached hydrogen (secondary N) is 1. The number of nitrogens with zero attached hydrogens (tertiary/aromatic N) is 4. The number of anilines is 1. The Kier molecular flexibility index (Phi) is 3.69. The summed E-state index contributed by atoms with van der Waals surface area (Å²) in [5.41, 5.74) is 1.10. The highest BCUT2D eigenvalue weighted by molar-refractivity contribution is 5.51. The quantitative estimate of drug-likeness (QED) is 0.855. The van der Waals surface area contributed by atoms with Crippen LogP contribution < -0.4 is 5.32 Å². The maximum atomic E-state index is 4.31. The zero-order valence-corrected chi connectivity index (χ0v) is 10.2. The second-order valence-electron chi connectivity index (χ2n) is 3.76. The van der Waals surface area contributed by atoms with Crippen molar-refractivity contribution in [3.63, 3.8) is 0 Å². The van der Waals surface area contributed by atoms with Gasteiger partial charge in [0, 0.05) is 24.5 Å². The van der Waals surface area contributed by atoms with Gasteiger partial charge in [0.15, 0.2) is 5.82 Å². The maximum Gasteiger partial charge on any atom is 0.161 e. The Hall–Kier alpha value is -1.91. The van der Waals surface area contributed by atoms with Crippen LogP contribution in [0.2, 0.25) is 0 Å². The zero-order chi connectivity index (χ0) is 12.1. The van der Waals surface area contributed by atoms with Crippen LogP contribution in [0.25, 0.3) is 5.82 Å². The molecule has 0 fully saturated rings. The van der Waals surface area contributed by atoms with Crippen LogP contribution in [0.5, 0.6) is 0 Å². The van der Waals surface area contributed by atoms with Crippen molar-refractivity contribution in [3.05, 3.63) is 30.4 Å². The number of hydrogen-bond donors (Lipinski definition) is 1. The minimum absolute atomic E-state index is 0.853. The van der Waals surface area contributed by atoms with Crippen molar-refractivity contribution in [3.8, 4) is 5.82 Å². The second kappa shape index (κ2) is 5.43. The minimum atomic E-state index is 0.853. The van der Waals surface area contributed by atoms with Gasteiger partial charge in [-0.2, -0.15) is 5.10 Å². The Morgan fingerprint density at radius 3 is 2.82 bits per heavy atom. The van der Waals surface area contributed by atoms with Crippen LogP contribution in [-0.4, -0.2) is 26.3 Å². The van der Waals surface area contributed by atoms with Gasteiger partial charge in [-0.3, -0.25) is 0 Å². The van der Waals surface area contributed by atoms with Crippen molar-refractivity contribution in [1.82, 2.24) is 19.7 Å². The van der Waals surface area contributed by atoms with Gasteiger partial charge in [-0.1, -0.05) is 13.8 Å². The molecule has 0 atom stereocenters. The Morgan fingerprint density at radius 2 is 2.18 bits per heavy atom. The van der Waals surface area contributed by atoms with Gasteiger partial charge in [-0.25, -0.2) is 14.6 Å². The Balaban J connectivity index is 2.39. The molecule has 2 aromatic heterocycles. The summed E-state index contributed by atoms with van der Waals surface area (Å²) < 4.78 is 1.78. The first kappa shape index (κ1) is 11.6. The van der Waals surface area contributed by atoms with Crippen LogP contribution in [0.4, 0.5) is 5.82 Å². The Bertz CT molecular complexity index is 464. The molecule has 5 nitrogen and oxygen atoms in total. The largest absolute Gasteiger partial charge is 0.370 e. The van der Waals surface area contributed by atoms with Gasteiger partial charge in [0.1, 0.15) is 12.1 Å². The standard InChI is InChI=1S/C12H17N5/c1-3-6-13-11-10(4-2)12(15-9-14-11)17-8-5-7-16-17/h5,7-9H,3-4,6H2,1-2H3,(H,13,14,15). The Labute approximate surface area is 101 Å². The molecule has 0 amide bonds. The fourth-order valence-corrected chi connectivity index (χ4v) is 1.72. The van der Waals surface area contributed by atoms with Gasteiger partial charge in [-0.05, 0) is 18.9 Å². The maximum absolute atomic E-state index is 4.31. The van der Waals surface area contributed by atoms with E-state index in [2.05, 4.69) is 34.2 Å². The molecule has 0 unspecified atom stereocenters. The molecule has 0 aliphatic rings. The first-order valence-electron chi connectivity index (χ1n) is 5.94. The smallest absolute Gasteiger partial charge is 0.161 e. The molecule has 0 aliphatic carbocycles. The van der Waals surface area contributed by atoms with Gasteiger partial charge in [0.25, 0.3) is 0 Å². The van der Waals surface area contributed by atoms with E-state index in [4.69, 9.17) is 0 Å². The predicted octanol–water partition coefficient (Wildman–Crippen LogP) is 2.05. The molecule has 90 valence electrons. The van der Waals surface area contributed by atoms with Crippen LogP contribution >= 0.6 is 0 Å². The lowest BCUT2D eigenvalue weighted by Gasteiger charge is -2.12. The lowest BCUT2D eigenvalue weighted by atomic mass is 10.2. The molecule has 2 aromatic rings. The van der Waals surface area contributed by atoms with Crippen molar-refractivity contribution < 1.29 is 0 Å². The van der Waals surface area contributed by atoms with Gasteiger partial charge in [-0.15, -0.1) is 0 Å². The summed E-state index contributed by atoms with van der Waals surface area (Å²) in [5, 5.41) is 7.54. The molecule has 2 rings (SSSR count). The molecule has 17 heavy (non-hydrogen) atoms. The van der Waals surface area contributed by atoms with Crippen molar-refractivity contribution in [2.75, 3.05) is 11.9 Å². The van der Waals surface area contributed by atoms with E-state index < -0.39 is 0 Å². The first-order chi connectivity index (χ1) is 8.36. The van der Waals surface area contributed by atoms with E-state index in [1.165, 1.54) is 0 Å². The van der Waals surface area contributed by atoms with Gasteiger partial charge < -0.3 is 5.32 Å². The average Bonchev–Trinajstić information content (AvgIpc) is 2.89. The first-order valence-corrected chi connectivity index (χ1v) is 5.94. The molecule has 0 aliphatic heterocycles. The number of rotatable bonds is 5. The van der Waals surface area contributed by atoms with E-state index in [1.807, 2.05) is 12.3 Å². The highest BCUT2D eigenvalue weighted by Crippen LogP contribution is 2.18. The molecular weight excluding hydrogens is 214 g/mol. The number of hydrogen-bond acceptors (Lipinski definition) is 4. The molecule has 0 bridgehead atoms. The van der Waals surface area contributed by atoms with Crippen LogP contribution in [0.3, 0.4) is 0 Å². The summed E-state index contributed by atoms with van der Waals surface area (Å²) in [7, 11) is 0. The van der Waals surface area contributed by atoms with E-state index in [-0.39, 0.29) is 0 Å².